The molecule has 1 aliphatic rings. The summed E-state index contributed by atoms with van der Waals surface area (Å²) in [7, 11) is 0. The SMILES string of the molecule is CC(C)OCc1ccc(C(=O)N2CCNCC2c2cccnc2)cc1.Cl. The molecule has 1 fully saturated rings. The van der Waals surface area contributed by atoms with Crippen LogP contribution >= 0.6 is 12.4 Å². The van der Waals surface area contributed by atoms with Crippen molar-refractivity contribution in [3.05, 3.63) is 65.5 Å². The van der Waals surface area contributed by atoms with Gasteiger partial charge in [0.25, 0.3) is 5.91 Å². The molecule has 2 aromatic rings. The van der Waals surface area contributed by atoms with Crippen LogP contribution in [0.2, 0.25) is 0 Å². The van der Waals surface area contributed by atoms with Crippen molar-refractivity contribution in [3.63, 3.8) is 0 Å². The van der Waals surface area contributed by atoms with Gasteiger partial charge in [0, 0.05) is 37.6 Å². The minimum atomic E-state index is 0. The van der Waals surface area contributed by atoms with Crippen LogP contribution in [0.1, 0.15) is 41.4 Å². The zero-order valence-electron chi connectivity index (χ0n) is 15.2. The molecule has 2 heterocycles. The van der Waals surface area contributed by atoms with Gasteiger partial charge in [0.1, 0.15) is 0 Å². The number of nitrogens with zero attached hydrogens (tertiary/aromatic N) is 2. The number of carbonyl (C=O) groups is 1. The molecule has 1 aromatic carbocycles. The summed E-state index contributed by atoms with van der Waals surface area (Å²) in [6, 6.07) is 11.7. The molecule has 0 spiro atoms. The summed E-state index contributed by atoms with van der Waals surface area (Å²) in [6.45, 7) is 6.84. The average Bonchev–Trinajstić information content (AvgIpc) is 2.67. The molecule has 5 nitrogen and oxygen atoms in total. The third-order valence-corrected chi connectivity index (χ3v) is 4.36. The lowest BCUT2D eigenvalue weighted by Crippen LogP contribution is -2.48. The van der Waals surface area contributed by atoms with E-state index >= 15 is 0 Å². The van der Waals surface area contributed by atoms with Gasteiger partial charge in [-0.2, -0.15) is 0 Å². The van der Waals surface area contributed by atoms with Crippen LogP contribution < -0.4 is 5.32 Å². The Kier molecular flexibility index (Phi) is 7.57. The lowest BCUT2D eigenvalue weighted by Gasteiger charge is -2.36. The minimum Gasteiger partial charge on any atom is -0.374 e. The predicted octanol–water partition coefficient (Wildman–Crippen LogP) is 3.22. The van der Waals surface area contributed by atoms with Gasteiger partial charge in [-0.1, -0.05) is 18.2 Å². The maximum atomic E-state index is 13.0. The Bertz CT molecular complexity index is 692. The molecule has 1 unspecified atom stereocenters. The van der Waals surface area contributed by atoms with Gasteiger partial charge >= 0.3 is 0 Å². The Hall–Kier alpha value is -1.95. The fraction of sp³-hybridized carbons (Fsp3) is 0.400. The van der Waals surface area contributed by atoms with Gasteiger partial charge < -0.3 is 15.0 Å². The van der Waals surface area contributed by atoms with E-state index in [1.165, 1.54) is 0 Å². The van der Waals surface area contributed by atoms with Crippen molar-refractivity contribution in [1.82, 2.24) is 15.2 Å². The van der Waals surface area contributed by atoms with Crippen molar-refractivity contribution in [1.29, 1.82) is 0 Å². The molecule has 0 aliphatic carbocycles. The molecular formula is C20H26ClN3O2. The number of carbonyl (C=O) groups excluding carboxylic acids is 1. The Balaban J connectivity index is 0.00000243. The smallest absolute Gasteiger partial charge is 0.254 e. The van der Waals surface area contributed by atoms with Gasteiger partial charge in [-0.25, -0.2) is 0 Å². The molecule has 140 valence electrons. The van der Waals surface area contributed by atoms with E-state index < -0.39 is 0 Å². The number of amides is 1. The van der Waals surface area contributed by atoms with Crippen molar-refractivity contribution in [2.45, 2.75) is 32.6 Å². The van der Waals surface area contributed by atoms with Gasteiger partial charge in [0.05, 0.1) is 18.8 Å². The first kappa shape index (κ1) is 20.4. The molecular weight excluding hydrogens is 350 g/mol. The van der Waals surface area contributed by atoms with Crippen molar-refractivity contribution < 1.29 is 9.53 Å². The van der Waals surface area contributed by atoms with Gasteiger partial charge in [0.2, 0.25) is 0 Å². The monoisotopic (exact) mass is 375 g/mol. The van der Waals surface area contributed by atoms with Crippen molar-refractivity contribution in [2.24, 2.45) is 0 Å². The van der Waals surface area contributed by atoms with Crippen LogP contribution in [0.25, 0.3) is 0 Å². The Morgan fingerprint density at radius 3 is 2.73 bits per heavy atom. The van der Waals surface area contributed by atoms with E-state index in [0.717, 1.165) is 24.2 Å². The third-order valence-electron chi connectivity index (χ3n) is 4.36. The zero-order chi connectivity index (χ0) is 17.6. The van der Waals surface area contributed by atoms with Crippen LogP contribution in [-0.4, -0.2) is 41.5 Å². The van der Waals surface area contributed by atoms with E-state index in [1.54, 1.807) is 6.20 Å². The zero-order valence-corrected chi connectivity index (χ0v) is 16.0. The van der Waals surface area contributed by atoms with E-state index in [0.29, 0.717) is 18.7 Å². The van der Waals surface area contributed by atoms with E-state index in [9.17, 15) is 4.79 Å². The summed E-state index contributed by atoms with van der Waals surface area (Å²) in [5.74, 6) is 0.0617. The van der Waals surface area contributed by atoms with Crippen molar-refractivity contribution in [3.8, 4) is 0 Å². The third kappa shape index (κ3) is 5.04. The first-order valence-corrected chi connectivity index (χ1v) is 8.77. The normalized spacial score (nSPS) is 17.0. The second-order valence-electron chi connectivity index (χ2n) is 6.56. The van der Waals surface area contributed by atoms with E-state index in [-0.39, 0.29) is 30.5 Å². The Labute approximate surface area is 161 Å². The van der Waals surface area contributed by atoms with Crippen LogP contribution in [0.3, 0.4) is 0 Å². The molecule has 0 radical (unpaired) electrons. The molecule has 1 amide bonds. The summed E-state index contributed by atoms with van der Waals surface area (Å²) in [4.78, 5) is 19.1. The van der Waals surface area contributed by atoms with Crippen LogP contribution in [0.15, 0.2) is 48.8 Å². The number of pyridine rings is 1. The maximum Gasteiger partial charge on any atom is 0.254 e. The molecule has 1 saturated heterocycles. The lowest BCUT2D eigenvalue weighted by atomic mass is 10.0. The second kappa shape index (κ2) is 9.67. The minimum absolute atomic E-state index is 0. The van der Waals surface area contributed by atoms with Gasteiger partial charge in [0.15, 0.2) is 0 Å². The molecule has 1 N–H and O–H groups in total. The summed E-state index contributed by atoms with van der Waals surface area (Å²) in [6.07, 6.45) is 3.79. The number of hydrogen-bond donors (Lipinski definition) is 1. The number of benzene rings is 1. The summed E-state index contributed by atoms with van der Waals surface area (Å²) < 4.78 is 5.61. The Morgan fingerprint density at radius 1 is 1.31 bits per heavy atom. The lowest BCUT2D eigenvalue weighted by molar-refractivity contribution is 0.0629. The summed E-state index contributed by atoms with van der Waals surface area (Å²) >= 11 is 0. The summed E-state index contributed by atoms with van der Waals surface area (Å²) in [5.41, 5.74) is 2.85. The molecule has 1 atom stereocenters. The van der Waals surface area contributed by atoms with Crippen LogP contribution in [0.4, 0.5) is 0 Å². The molecule has 0 bridgehead atoms. The van der Waals surface area contributed by atoms with Crippen LogP contribution in [0.5, 0.6) is 0 Å². The molecule has 26 heavy (non-hydrogen) atoms. The number of piperazine rings is 1. The highest BCUT2D eigenvalue weighted by molar-refractivity contribution is 5.94. The number of ether oxygens (including phenoxy) is 1. The number of nitrogens with one attached hydrogen (secondary N) is 1. The van der Waals surface area contributed by atoms with Crippen LogP contribution in [0, 0.1) is 0 Å². The van der Waals surface area contributed by atoms with Crippen molar-refractivity contribution in [2.75, 3.05) is 19.6 Å². The molecule has 3 rings (SSSR count). The largest absolute Gasteiger partial charge is 0.374 e. The molecule has 1 aromatic heterocycles. The fourth-order valence-corrected chi connectivity index (χ4v) is 2.99. The average molecular weight is 376 g/mol. The number of halogens is 1. The van der Waals surface area contributed by atoms with Crippen LogP contribution in [-0.2, 0) is 11.3 Å². The predicted molar refractivity (Wildman–Crippen MR) is 104 cm³/mol. The van der Waals surface area contributed by atoms with E-state index in [2.05, 4.69) is 10.3 Å². The highest BCUT2D eigenvalue weighted by Gasteiger charge is 2.28. The van der Waals surface area contributed by atoms with Crippen molar-refractivity contribution >= 4 is 18.3 Å². The van der Waals surface area contributed by atoms with Gasteiger partial charge in [-0.15, -0.1) is 12.4 Å². The van der Waals surface area contributed by atoms with Gasteiger partial charge in [-0.05, 0) is 43.2 Å². The number of hydrogen-bond acceptors (Lipinski definition) is 4. The highest BCUT2D eigenvalue weighted by atomic mass is 35.5. The van der Waals surface area contributed by atoms with Gasteiger partial charge in [-0.3, -0.25) is 9.78 Å². The molecule has 0 saturated carbocycles. The number of aromatic nitrogens is 1. The second-order valence-corrected chi connectivity index (χ2v) is 6.56. The van der Waals surface area contributed by atoms with E-state index in [4.69, 9.17) is 4.74 Å². The molecule has 6 heteroatoms. The topological polar surface area (TPSA) is 54.5 Å². The molecule has 1 aliphatic heterocycles. The van der Waals surface area contributed by atoms with E-state index in [1.807, 2.05) is 61.3 Å². The number of rotatable bonds is 5. The Morgan fingerprint density at radius 2 is 2.08 bits per heavy atom. The first-order chi connectivity index (χ1) is 12.1. The summed E-state index contributed by atoms with van der Waals surface area (Å²) in [5, 5.41) is 3.37. The standard InChI is InChI=1S/C20H25N3O2.ClH/c1-15(2)25-14-16-5-7-17(8-6-16)20(24)23-11-10-22-13-19(23)18-4-3-9-21-12-18;/h3-9,12,15,19,22H,10-11,13-14H2,1-2H3;1H. The highest BCUT2D eigenvalue weighted by Crippen LogP contribution is 2.23. The fourth-order valence-electron chi connectivity index (χ4n) is 2.99. The maximum absolute atomic E-state index is 13.0. The first-order valence-electron chi connectivity index (χ1n) is 8.77. The quantitative estimate of drug-likeness (QED) is 0.871.